The number of nitrogens with one attached hydrogen (secondary N) is 2. The van der Waals surface area contributed by atoms with Crippen LogP contribution in [0.5, 0.6) is 5.75 Å². The molecule has 0 aliphatic heterocycles. The molecule has 0 saturated carbocycles. The highest BCUT2D eigenvalue weighted by atomic mass is 32.1. The van der Waals surface area contributed by atoms with Gasteiger partial charge in [0.15, 0.2) is 0 Å². The van der Waals surface area contributed by atoms with Gasteiger partial charge in [-0.1, -0.05) is 28.9 Å². The van der Waals surface area contributed by atoms with Gasteiger partial charge in [-0.3, -0.25) is 4.79 Å². The fraction of sp³-hybridized carbons (Fsp3) is 0.136. The zero-order valence-corrected chi connectivity index (χ0v) is 17.2. The first-order chi connectivity index (χ1) is 14.5. The van der Waals surface area contributed by atoms with E-state index in [1.54, 1.807) is 11.7 Å². The molecule has 0 spiro atoms. The second kappa shape index (κ2) is 7.00. The number of rotatable bonds is 4. The summed E-state index contributed by atoms with van der Waals surface area (Å²) in [6, 6.07) is 16.9. The first kappa shape index (κ1) is 18.4. The summed E-state index contributed by atoms with van der Waals surface area (Å²) < 4.78 is 9.33. The van der Waals surface area contributed by atoms with Gasteiger partial charge in [0.1, 0.15) is 16.7 Å². The van der Waals surface area contributed by atoms with Crippen LogP contribution in [-0.2, 0) is 6.54 Å². The summed E-state index contributed by atoms with van der Waals surface area (Å²) >= 11 is 1.48. The molecule has 2 N–H and O–H groups in total. The zero-order chi connectivity index (χ0) is 20.8. The molecule has 5 aromatic rings. The van der Waals surface area contributed by atoms with E-state index < -0.39 is 0 Å². The van der Waals surface area contributed by atoms with Crippen molar-refractivity contribution < 1.29 is 9.72 Å². The number of hydrogen-bond acceptors (Lipinski definition) is 4. The van der Waals surface area contributed by atoms with E-state index >= 15 is 0 Å². The Labute approximate surface area is 174 Å². The van der Waals surface area contributed by atoms with Crippen molar-refractivity contribution in [2.75, 3.05) is 7.11 Å². The number of fused-ring (bicyclic) bond motifs is 2. The summed E-state index contributed by atoms with van der Waals surface area (Å²) in [4.78, 5) is 29.3. The highest BCUT2D eigenvalue weighted by Crippen LogP contribution is 2.21. The smallest absolute Gasteiger partial charge is 0.369 e. The average Bonchev–Trinajstić information content (AvgIpc) is 3.32. The minimum Gasteiger partial charge on any atom is -0.497 e. The number of pyridine rings is 1. The lowest BCUT2D eigenvalue weighted by molar-refractivity contribution is -0.334. The summed E-state index contributed by atoms with van der Waals surface area (Å²) in [5.74, 6) is 0.756. The van der Waals surface area contributed by atoms with Gasteiger partial charge in [-0.25, -0.2) is 14.9 Å². The Morgan fingerprint density at radius 1 is 1.10 bits per heavy atom. The molecule has 0 saturated heterocycles. The molecule has 0 aliphatic rings. The maximum atomic E-state index is 13.2. The van der Waals surface area contributed by atoms with Gasteiger partial charge in [0.05, 0.1) is 23.9 Å². The Morgan fingerprint density at radius 2 is 1.87 bits per heavy atom. The molecule has 0 radical (unpaired) electrons. The molecule has 8 heteroatoms. The largest absolute Gasteiger partial charge is 0.497 e. The highest BCUT2D eigenvalue weighted by molar-refractivity contribution is 7.20. The van der Waals surface area contributed by atoms with E-state index in [9.17, 15) is 9.59 Å². The standard InChI is InChI=1S/C22H18N4O3S/c1-13-20-17(11-19(27)25(13)12-14-7-9-15(29-2)10-8-14)24-26(21(20)28)22-23-16-5-3-4-6-18(16)30-22/h3-11,24H,12H2,1-2H3/p+1. The maximum Gasteiger partial charge on any atom is 0.369 e. The van der Waals surface area contributed by atoms with Crippen molar-refractivity contribution in [3.05, 3.63) is 86.6 Å². The van der Waals surface area contributed by atoms with E-state index in [2.05, 4.69) is 10.1 Å². The van der Waals surface area contributed by atoms with Crippen LogP contribution in [-0.4, -0.2) is 21.5 Å². The van der Waals surface area contributed by atoms with E-state index in [0.29, 0.717) is 28.3 Å². The minimum atomic E-state index is -0.186. The SMILES string of the molecule is COc1ccc(Cn2c(C)c3c(=O)n(-c4[nH+]c5ccccc5s4)[nH]c3cc2=O)cc1. The molecular weight excluding hydrogens is 400 g/mol. The molecule has 0 fully saturated rings. The fourth-order valence-electron chi connectivity index (χ4n) is 3.67. The molecule has 0 amide bonds. The van der Waals surface area contributed by atoms with E-state index in [1.807, 2.05) is 55.5 Å². The quantitative estimate of drug-likeness (QED) is 0.486. The summed E-state index contributed by atoms with van der Waals surface area (Å²) in [5.41, 5.74) is 2.72. The number of hydrogen-bond donors (Lipinski definition) is 1. The third-order valence-corrected chi connectivity index (χ3v) is 6.31. The predicted molar refractivity (Wildman–Crippen MR) is 117 cm³/mol. The normalized spacial score (nSPS) is 11.4. The van der Waals surface area contributed by atoms with Crippen LogP contribution in [0.1, 0.15) is 11.3 Å². The zero-order valence-electron chi connectivity index (χ0n) is 16.4. The fourth-order valence-corrected chi connectivity index (χ4v) is 4.63. The summed E-state index contributed by atoms with van der Waals surface area (Å²) in [5, 5.41) is 4.26. The molecule has 5 rings (SSSR count). The molecule has 7 nitrogen and oxygen atoms in total. The summed E-state index contributed by atoms with van der Waals surface area (Å²) in [6.07, 6.45) is 0. The minimum absolute atomic E-state index is 0.162. The van der Waals surface area contributed by atoms with E-state index in [1.165, 1.54) is 22.1 Å². The third kappa shape index (κ3) is 2.93. The van der Waals surface area contributed by atoms with Crippen LogP contribution >= 0.6 is 11.3 Å². The topological polar surface area (TPSA) is 83.2 Å². The van der Waals surface area contributed by atoms with E-state index in [4.69, 9.17) is 4.74 Å². The molecule has 0 aliphatic carbocycles. The number of aryl methyl sites for hydroxylation is 1. The summed E-state index contributed by atoms with van der Waals surface area (Å²) in [7, 11) is 1.61. The maximum absolute atomic E-state index is 13.2. The van der Waals surface area contributed by atoms with Gasteiger partial charge in [0, 0.05) is 11.8 Å². The van der Waals surface area contributed by atoms with Crippen molar-refractivity contribution in [3.63, 3.8) is 0 Å². The second-order valence-electron chi connectivity index (χ2n) is 7.07. The number of ether oxygens (including phenoxy) is 1. The molecule has 0 atom stereocenters. The molecule has 3 heterocycles. The van der Waals surface area contributed by atoms with E-state index in [0.717, 1.165) is 21.5 Å². The van der Waals surface area contributed by atoms with Crippen LogP contribution in [0.2, 0.25) is 0 Å². The third-order valence-electron chi connectivity index (χ3n) is 5.26. The monoisotopic (exact) mass is 419 g/mol. The van der Waals surface area contributed by atoms with Crippen LogP contribution in [0.25, 0.3) is 26.3 Å². The van der Waals surface area contributed by atoms with Gasteiger partial charge >= 0.3 is 10.7 Å². The lowest BCUT2D eigenvalue weighted by atomic mass is 10.2. The number of aromatic amines is 2. The van der Waals surface area contributed by atoms with Gasteiger partial charge in [0.25, 0.3) is 5.56 Å². The molecule has 150 valence electrons. The van der Waals surface area contributed by atoms with Crippen LogP contribution in [0, 0.1) is 6.92 Å². The Bertz CT molecular complexity index is 1470. The average molecular weight is 419 g/mol. The predicted octanol–water partition coefficient (Wildman–Crippen LogP) is 2.87. The van der Waals surface area contributed by atoms with Crippen LogP contribution in [0.3, 0.4) is 0 Å². The summed E-state index contributed by atoms with van der Waals surface area (Å²) in [6.45, 7) is 2.19. The number of nitrogens with zero attached hydrogens (tertiary/aromatic N) is 2. The van der Waals surface area contributed by atoms with Crippen LogP contribution < -0.4 is 20.8 Å². The Morgan fingerprint density at radius 3 is 2.60 bits per heavy atom. The van der Waals surface area contributed by atoms with Gasteiger partial charge < -0.3 is 9.30 Å². The molecule has 2 aromatic carbocycles. The first-order valence-corrected chi connectivity index (χ1v) is 10.3. The molecular formula is C22H19N4O3S+. The number of benzene rings is 2. The second-order valence-corrected chi connectivity index (χ2v) is 8.10. The van der Waals surface area contributed by atoms with Crippen molar-refractivity contribution in [1.82, 2.24) is 14.3 Å². The van der Waals surface area contributed by atoms with Gasteiger partial charge in [-0.2, -0.15) is 0 Å². The highest BCUT2D eigenvalue weighted by Gasteiger charge is 2.22. The van der Waals surface area contributed by atoms with Crippen molar-refractivity contribution in [1.29, 1.82) is 0 Å². The lowest BCUT2D eigenvalue weighted by Crippen LogP contribution is -2.24. The van der Waals surface area contributed by atoms with Crippen molar-refractivity contribution in [3.8, 4) is 10.9 Å². The number of methoxy groups -OCH3 is 1. The van der Waals surface area contributed by atoms with E-state index in [-0.39, 0.29) is 11.1 Å². The van der Waals surface area contributed by atoms with Gasteiger partial charge in [-0.15, -0.1) is 0 Å². The Hall–Kier alpha value is -3.65. The van der Waals surface area contributed by atoms with Crippen molar-refractivity contribution >= 4 is 32.5 Å². The number of aromatic nitrogens is 4. The molecule has 3 aromatic heterocycles. The Balaban J connectivity index is 1.63. The first-order valence-electron chi connectivity index (χ1n) is 9.44. The molecule has 30 heavy (non-hydrogen) atoms. The number of para-hydroxylation sites is 1. The molecule has 0 unspecified atom stereocenters. The van der Waals surface area contributed by atoms with Gasteiger partial charge in [0.2, 0.25) is 0 Å². The molecule has 0 bridgehead atoms. The lowest BCUT2D eigenvalue weighted by Gasteiger charge is -2.10. The number of H-pyrrole nitrogens is 2. The Kier molecular flexibility index (Phi) is 4.29. The van der Waals surface area contributed by atoms with Crippen molar-refractivity contribution in [2.45, 2.75) is 13.5 Å². The number of thiazole rings is 1. The van der Waals surface area contributed by atoms with Gasteiger partial charge in [-0.05, 0) is 48.1 Å². The van der Waals surface area contributed by atoms with Crippen molar-refractivity contribution in [2.24, 2.45) is 0 Å². The van der Waals surface area contributed by atoms with Crippen LogP contribution in [0.4, 0.5) is 0 Å². The van der Waals surface area contributed by atoms with Crippen LogP contribution in [0.15, 0.2) is 64.2 Å².